The molecule has 2 unspecified atom stereocenters. The number of hydrogen-bond donors (Lipinski definition) is 1. The summed E-state index contributed by atoms with van der Waals surface area (Å²) >= 11 is 5.84. The number of hydrogen-bond acceptors (Lipinski definition) is 2. The van der Waals surface area contributed by atoms with Crippen LogP contribution in [-0.4, -0.2) is 23.9 Å². The Morgan fingerprint density at radius 2 is 2.15 bits per heavy atom. The number of para-hydroxylation sites is 1. The molecule has 4 heteroatoms. The molecule has 1 aliphatic heterocycles. The average molecular weight is 296 g/mol. The summed E-state index contributed by atoms with van der Waals surface area (Å²) in [4.78, 5) is 12.4. The summed E-state index contributed by atoms with van der Waals surface area (Å²) in [5.74, 6) is 1.30. The fraction of sp³-hybridized carbons (Fsp3) is 0.562. The Kier molecular flexibility index (Phi) is 4.59. The molecule has 0 aromatic heterocycles. The van der Waals surface area contributed by atoms with Crippen molar-refractivity contribution in [3.05, 3.63) is 29.8 Å². The Labute approximate surface area is 125 Å². The van der Waals surface area contributed by atoms with E-state index in [4.69, 9.17) is 16.3 Å². The molecule has 0 saturated carbocycles. The molecule has 0 fully saturated rings. The molecule has 0 bridgehead atoms. The Bertz CT molecular complexity index is 457. The average Bonchev–Trinajstić information content (AvgIpc) is 2.80. The minimum absolute atomic E-state index is 0.0179. The zero-order valence-electron chi connectivity index (χ0n) is 12.3. The van der Waals surface area contributed by atoms with Crippen LogP contribution in [0.2, 0.25) is 0 Å². The van der Waals surface area contributed by atoms with E-state index < -0.39 is 6.10 Å². The molecule has 0 saturated heterocycles. The van der Waals surface area contributed by atoms with E-state index >= 15 is 0 Å². The van der Waals surface area contributed by atoms with Crippen molar-refractivity contribution in [1.29, 1.82) is 0 Å². The summed E-state index contributed by atoms with van der Waals surface area (Å²) in [5.41, 5.74) is 1.08. The first kappa shape index (κ1) is 15.2. The fourth-order valence-electron chi connectivity index (χ4n) is 2.42. The van der Waals surface area contributed by atoms with E-state index in [9.17, 15) is 4.79 Å². The highest BCUT2D eigenvalue weighted by atomic mass is 35.5. The van der Waals surface area contributed by atoms with Crippen molar-refractivity contribution in [2.24, 2.45) is 5.41 Å². The van der Waals surface area contributed by atoms with Crippen molar-refractivity contribution in [3.8, 4) is 5.75 Å². The Morgan fingerprint density at radius 1 is 1.45 bits per heavy atom. The van der Waals surface area contributed by atoms with E-state index in [-0.39, 0.29) is 17.4 Å². The summed E-state index contributed by atoms with van der Waals surface area (Å²) in [6.07, 6.45) is 0.975. The van der Waals surface area contributed by atoms with Crippen molar-refractivity contribution in [2.75, 3.05) is 5.88 Å². The molecule has 1 heterocycles. The van der Waals surface area contributed by atoms with Gasteiger partial charge in [0.25, 0.3) is 5.91 Å². The summed E-state index contributed by atoms with van der Waals surface area (Å²) < 4.78 is 5.72. The molecular weight excluding hydrogens is 274 g/mol. The van der Waals surface area contributed by atoms with Crippen LogP contribution in [0.4, 0.5) is 0 Å². The Hall–Kier alpha value is -1.22. The molecule has 1 aliphatic rings. The highest BCUT2D eigenvalue weighted by Crippen LogP contribution is 2.29. The molecule has 0 aliphatic carbocycles. The number of amides is 1. The maximum atomic E-state index is 12.4. The van der Waals surface area contributed by atoms with Gasteiger partial charge in [-0.25, -0.2) is 0 Å². The number of rotatable bonds is 4. The number of ether oxygens (including phenoxy) is 1. The van der Waals surface area contributed by atoms with Crippen LogP contribution in [-0.2, 0) is 11.2 Å². The summed E-state index contributed by atoms with van der Waals surface area (Å²) in [7, 11) is 0. The van der Waals surface area contributed by atoms with Gasteiger partial charge in [0, 0.05) is 18.3 Å². The van der Waals surface area contributed by atoms with Crippen LogP contribution in [0.25, 0.3) is 0 Å². The lowest BCUT2D eigenvalue weighted by Gasteiger charge is -2.31. The van der Waals surface area contributed by atoms with Gasteiger partial charge in [-0.15, -0.1) is 11.6 Å². The van der Waals surface area contributed by atoms with Crippen LogP contribution in [0.3, 0.4) is 0 Å². The van der Waals surface area contributed by atoms with Crippen LogP contribution < -0.4 is 10.1 Å². The fourth-order valence-corrected chi connectivity index (χ4v) is 2.64. The van der Waals surface area contributed by atoms with Crippen molar-refractivity contribution >= 4 is 17.5 Å². The Balaban J connectivity index is 1.99. The largest absolute Gasteiger partial charge is 0.480 e. The number of nitrogens with one attached hydrogen (secondary N) is 1. The molecule has 0 spiro atoms. The summed E-state index contributed by atoms with van der Waals surface area (Å²) in [6, 6.07) is 7.85. The zero-order chi connectivity index (χ0) is 14.8. The zero-order valence-corrected chi connectivity index (χ0v) is 13.0. The lowest BCUT2D eigenvalue weighted by Crippen LogP contribution is -2.48. The van der Waals surface area contributed by atoms with Crippen LogP contribution in [0, 0.1) is 5.41 Å². The second-order valence-corrected chi connectivity index (χ2v) is 6.70. The second-order valence-electron chi connectivity index (χ2n) is 6.32. The van der Waals surface area contributed by atoms with E-state index in [0.29, 0.717) is 12.3 Å². The van der Waals surface area contributed by atoms with E-state index in [1.54, 1.807) is 0 Å². The predicted octanol–water partition coefficient (Wildman–Crippen LogP) is 3.15. The third-order valence-electron chi connectivity index (χ3n) is 3.70. The molecule has 1 amide bonds. The molecule has 2 atom stereocenters. The smallest absolute Gasteiger partial charge is 0.261 e. The van der Waals surface area contributed by atoms with Crippen LogP contribution >= 0.6 is 11.6 Å². The first-order valence-corrected chi connectivity index (χ1v) is 7.56. The second kappa shape index (κ2) is 6.04. The molecule has 1 N–H and O–H groups in total. The van der Waals surface area contributed by atoms with Crippen LogP contribution in [0.1, 0.15) is 32.8 Å². The molecule has 0 radical (unpaired) electrons. The van der Waals surface area contributed by atoms with Gasteiger partial charge in [-0.05, 0) is 23.5 Å². The SMILES string of the molecule is CC(C)(C)C(CCCl)NC(=O)C1Cc2ccccc2O1. The molecule has 110 valence electrons. The first-order valence-electron chi connectivity index (χ1n) is 7.02. The Morgan fingerprint density at radius 3 is 2.75 bits per heavy atom. The van der Waals surface area contributed by atoms with E-state index in [0.717, 1.165) is 17.7 Å². The van der Waals surface area contributed by atoms with E-state index in [2.05, 4.69) is 26.1 Å². The molecule has 1 aromatic carbocycles. The van der Waals surface area contributed by atoms with Gasteiger partial charge in [0.15, 0.2) is 6.10 Å². The number of carbonyl (C=O) groups excluding carboxylic acids is 1. The quantitative estimate of drug-likeness (QED) is 0.867. The minimum Gasteiger partial charge on any atom is -0.480 e. The van der Waals surface area contributed by atoms with Gasteiger partial charge in [-0.2, -0.15) is 0 Å². The van der Waals surface area contributed by atoms with Gasteiger partial charge in [0.2, 0.25) is 0 Å². The lowest BCUT2D eigenvalue weighted by molar-refractivity contribution is -0.128. The lowest BCUT2D eigenvalue weighted by atomic mass is 9.85. The van der Waals surface area contributed by atoms with Gasteiger partial charge in [0.1, 0.15) is 5.75 Å². The maximum absolute atomic E-state index is 12.4. The highest BCUT2D eigenvalue weighted by Gasteiger charge is 2.32. The van der Waals surface area contributed by atoms with Gasteiger partial charge in [-0.3, -0.25) is 4.79 Å². The summed E-state index contributed by atoms with van der Waals surface area (Å²) in [6.45, 7) is 6.32. The molecule has 1 aromatic rings. The normalized spacial score (nSPS) is 19.1. The van der Waals surface area contributed by atoms with E-state index in [1.807, 2.05) is 24.3 Å². The number of alkyl halides is 1. The molecule has 20 heavy (non-hydrogen) atoms. The standard InChI is InChI=1S/C16H22ClNO2/c1-16(2,3)14(8-9-17)18-15(19)13-10-11-6-4-5-7-12(11)20-13/h4-7,13-14H,8-10H2,1-3H3,(H,18,19). The van der Waals surface area contributed by atoms with Gasteiger partial charge in [-0.1, -0.05) is 39.0 Å². The van der Waals surface area contributed by atoms with E-state index in [1.165, 1.54) is 0 Å². The number of benzene rings is 1. The van der Waals surface area contributed by atoms with Crippen molar-refractivity contribution in [1.82, 2.24) is 5.32 Å². The third-order valence-corrected chi connectivity index (χ3v) is 3.92. The number of fused-ring (bicyclic) bond motifs is 1. The number of carbonyl (C=O) groups is 1. The molecular formula is C16H22ClNO2. The number of halogens is 1. The maximum Gasteiger partial charge on any atom is 0.261 e. The predicted molar refractivity (Wildman–Crippen MR) is 81.3 cm³/mol. The van der Waals surface area contributed by atoms with Gasteiger partial charge >= 0.3 is 0 Å². The first-order chi connectivity index (χ1) is 9.41. The molecule has 3 nitrogen and oxygen atoms in total. The van der Waals surface area contributed by atoms with Crippen LogP contribution in [0.5, 0.6) is 5.75 Å². The van der Waals surface area contributed by atoms with Gasteiger partial charge in [0.05, 0.1) is 0 Å². The highest BCUT2D eigenvalue weighted by molar-refractivity contribution is 6.17. The van der Waals surface area contributed by atoms with Crippen LogP contribution in [0.15, 0.2) is 24.3 Å². The van der Waals surface area contributed by atoms with Gasteiger partial charge < -0.3 is 10.1 Å². The monoisotopic (exact) mass is 295 g/mol. The van der Waals surface area contributed by atoms with Crippen molar-refractivity contribution < 1.29 is 9.53 Å². The van der Waals surface area contributed by atoms with Crippen molar-refractivity contribution in [2.45, 2.75) is 45.8 Å². The minimum atomic E-state index is -0.424. The van der Waals surface area contributed by atoms with Crippen molar-refractivity contribution in [3.63, 3.8) is 0 Å². The summed E-state index contributed by atoms with van der Waals surface area (Å²) in [5, 5.41) is 3.09. The topological polar surface area (TPSA) is 38.3 Å². The third kappa shape index (κ3) is 3.45. The molecule has 2 rings (SSSR count).